The highest BCUT2D eigenvalue weighted by atomic mass is 16.6. The molecule has 0 aromatic heterocycles. The molecule has 11 nitrogen and oxygen atoms in total. The highest BCUT2D eigenvalue weighted by Gasteiger charge is 2.33. The molecule has 0 radical (unpaired) electrons. The van der Waals surface area contributed by atoms with Gasteiger partial charge in [0.15, 0.2) is 0 Å². The monoisotopic (exact) mass is 778 g/mol. The van der Waals surface area contributed by atoms with E-state index in [0.717, 1.165) is 22.3 Å². The number of aliphatic hydroxyl groups excluding tert-OH is 1. The minimum Gasteiger partial charge on any atom is -0.489 e. The van der Waals surface area contributed by atoms with Crippen molar-refractivity contribution in [2.24, 2.45) is 17.6 Å². The third-order valence-corrected chi connectivity index (χ3v) is 9.30. The van der Waals surface area contributed by atoms with Gasteiger partial charge < -0.3 is 36.3 Å². The molecule has 6 N–H and O–H groups in total. The molecule has 0 spiro atoms. The minimum absolute atomic E-state index is 0.00273. The number of primary amides is 1. The molecule has 0 heterocycles. The average molecular weight is 779 g/mol. The Labute approximate surface area is 336 Å². The molecule has 4 aromatic rings. The lowest BCUT2D eigenvalue weighted by Crippen LogP contribution is -2.55. The van der Waals surface area contributed by atoms with E-state index < -0.39 is 59.6 Å². The van der Waals surface area contributed by atoms with Crippen molar-refractivity contribution < 1.29 is 33.8 Å². The number of benzene rings is 4. The van der Waals surface area contributed by atoms with Gasteiger partial charge in [0.1, 0.15) is 30.0 Å². The quantitative estimate of drug-likeness (QED) is 0.0727. The SMILES string of the molecule is CC(C)CC(NC(=O)C(Cc1ccc(OCc2ccccc2)cc1)CC(O)C(Cc1ccccc1)NC(=O)OC(C)(C)C)C(=O)NC(Cc1ccccc1)C(N)=O. The fourth-order valence-corrected chi connectivity index (χ4v) is 6.43. The number of hydrogen-bond acceptors (Lipinski definition) is 7. The zero-order valence-electron chi connectivity index (χ0n) is 33.7. The molecular formula is C46H58N4O7. The second kappa shape index (κ2) is 21.6. The molecule has 57 heavy (non-hydrogen) atoms. The molecule has 304 valence electrons. The van der Waals surface area contributed by atoms with Gasteiger partial charge in [-0.15, -0.1) is 0 Å². The van der Waals surface area contributed by atoms with Crippen LogP contribution in [0, 0.1) is 11.8 Å². The predicted octanol–water partition coefficient (Wildman–Crippen LogP) is 6.06. The van der Waals surface area contributed by atoms with E-state index in [1.165, 1.54) is 0 Å². The molecule has 4 amide bonds. The van der Waals surface area contributed by atoms with E-state index in [1.807, 2.05) is 129 Å². The van der Waals surface area contributed by atoms with Gasteiger partial charge >= 0.3 is 6.09 Å². The number of nitrogens with one attached hydrogen (secondary N) is 3. The van der Waals surface area contributed by atoms with Gasteiger partial charge in [-0.25, -0.2) is 4.79 Å². The van der Waals surface area contributed by atoms with E-state index in [0.29, 0.717) is 12.4 Å². The van der Waals surface area contributed by atoms with Crippen LogP contribution in [0.2, 0.25) is 0 Å². The predicted molar refractivity (Wildman–Crippen MR) is 221 cm³/mol. The summed E-state index contributed by atoms with van der Waals surface area (Å²) in [5.41, 5.74) is 8.47. The molecule has 0 bridgehead atoms. The van der Waals surface area contributed by atoms with Crippen molar-refractivity contribution in [3.8, 4) is 5.75 Å². The van der Waals surface area contributed by atoms with E-state index in [9.17, 15) is 24.3 Å². The van der Waals surface area contributed by atoms with Crippen LogP contribution in [0.5, 0.6) is 5.75 Å². The smallest absolute Gasteiger partial charge is 0.407 e. The third-order valence-electron chi connectivity index (χ3n) is 9.30. The zero-order chi connectivity index (χ0) is 41.4. The Balaban J connectivity index is 1.58. The molecule has 11 heteroatoms. The lowest BCUT2D eigenvalue weighted by atomic mass is 9.88. The molecule has 4 rings (SSSR count). The number of ether oxygens (including phenoxy) is 2. The summed E-state index contributed by atoms with van der Waals surface area (Å²) in [7, 11) is 0. The van der Waals surface area contributed by atoms with Gasteiger partial charge in [0.2, 0.25) is 17.7 Å². The van der Waals surface area contributed by atoms with Crippen LogP contribution in [0.15, 0.2) is 115 Å². The van der Waals surface area contributed by atoms with E-state index in [2.05, 4.69) is 16.0 Å². The Morgan fingerprint density at radius 1 is 0.632 bits per heavy atom. The Morgan fingerprint density at radius 3 is 1.67 bits per heavy atom. The zero-order valence-corrected chi connectivity index (χ0v) is 33.7. The number of nitrogens with two attached hydrogens (primary N) is 1. The summed E-state index contributed by atoms with van der Waals surface area (Å²) in [6.07, 6.45) is -0.977. The first-order valence-corrected chi connectivity index (χ1v) is 19.6. The maximum atomic E-state index is 14.4. The van der Waals surface area contributed by atoms with Crippen molar-refractivity contribution >= 4 is 23.8 Å². The van der Waals surface area contributed by atoms with Crippen LogP contribution in [-0.4, -0.2) is 58.8 Å². The Bertz CT molecular complexity index is 1850. The first-order chi connectivity index (χ1) is 27.1. The highest BCUT2D eigenvalue weighted by molar-refractivity contribution is 5.92. The Hall–Kier alpha value is -5.68. The summed E-state index contributed by atoms with van der Waals surface area (Å²) >= 11 is 0. The van der Waals surface area contributed by atoms with Gasteiger partial charge in [-0.2, -0.15) is 0 Å². The van der Waals surface area contributed by atoms with Gasteiger partial charge in [-0.05, 0) is 86.8 Å². The first kappa shape index (κ1) is 44.0. The molecule has 5 atom stereocenters. The molecule has 0 saturated heterocycles. The van der Waals surface area contributed by atoms with Gasteiger partial charge in [-0.3, -0.25) is 14.4 Å². The molecular weight excluding hydrogens is 721 g/mol. The van der Waals surface area contributed by atoms with Crippen LogP contribution in [-0.2, 0) is 45.0 Å². The van der Waals surface area contributed by atoms with Gasteiger partial charge in [0.25, 0.3) is 0 Å². The van der Waals surface area contributed by atoms with Crippen LogP contribution in [0.25, 0.3) is 0 Å². The van der Waals surface area contributed by atoms with Crippen molar-refractivity contribution in [1.82, 2.24) is 16.0 Å². The molecule has 4 aromatic carbocycles. The van der Waals surface area contributed by atoms with Crippen LogP contribution < -0.4 is 26.4 Å². The van der Waals surface area contributed by atoms with Crippen LogP contribution in [0.4, 0.5) is 4.79 Å². The summed E-state index contributed by atoms with van der Waals surface area (Å²) in [6, 6.07) is 33.0. The largest absolute Gasteiger partial charge is 0.489 e. The van der Waals surface area contributed by atoms with Crippen LogP contribution >= 0.6 is 0 Å². The van der Waals surface area contributed by atoms with Crippen molar-refractivity contribution in [2.75, 3.05) is 0 Å². The number of carbonyl (C=O) groups is 4. The van der Waals surface area contributed by atoms with Crippen LogP contribution in [0.1, 0.15) is 69.7 Å². The summed E-state index contributed by atoms with van der Waals surface area (Å²) in [5, 5.41) is 20.4. The van der Waals surface area contributed by atoms with E-state index >= 15 is 0 Å². The minimum atomic E-state index is -1.19. The van der Waals surface area contributed by atoms with Crippen molar-refractivity contribution in [3.05, 3.63) is 138 Å². The standard InChI is InChI=1S/C46H58N4O7/c1-31(2)25-40(44(54)48-39(42(47)52)28-33-17-11-7-12-18-33)49-43(53)36(26-34-21-23-37(24-22-34)56-30-35-19-13-8-14-20-35)29-41(51)38(27-32-15-9-6-10-16-32)50-45(55)57-46(3,4)5/h6-24,31,36,38-41,51H,25-30H2,1-5H3,(H2,47,52)(H,48,54)(H,49,53)(H,50,55). The number of hydrogen-bond donors (Lipinski definition) is 5. The second-order valence-corrected chi connectivity index (χ2v) is 15.9. The first-order valence-electron chi connectivity index (χ1n) is 19.6. The molecule has 5 unspecified atom stereocenters. The fraction of sp³-hybridized carbons (Fsp3) is 0.391. The van der Waals surface area contributed by atoms with Gasteiger partial charge in [-0.1, -0.05) is 117 Å². The molecule has 0 aliphatic rings. The maximum absolute atomic E-state index is 14.4. The number of amides is 4. The van der Waals surface area contributed by atoms with Gasteiger partial charge in [0.05, 0.1) is 12.1 Å². The van der Waals surface area contributed by atoms with Crippen molar-refractivity contribution in [3.63, 3.8) is 0 Å². The third kappa shape index (κ3) is 15.8. The van der Waals surface area contributed by atoms with Crippen LogP contribution in [0.3, 0.4) is 0 Å². The summed E-state index contributed by atoms with van der Waals surface area (Å²) in [5.74, 6) is -1.88. The fourth-order valence-electron chi connectivity index (χ4n) is 6.43. The topological polar surface area (TPSA) is 169 Å². The number of alkyl carbamates (subject to hydrolysis) is 1. The lowest BCUT2D eigenvalue weighted by Gasteiger charge is -2.30. The van der Waals surface area contributed by atoms with Gasteiger partial charge in [0, 0.05) is 12.3 Å². The summed E-state index contributed by atoms with van der Waals surface area (Å²) in [6.45, 7) is 9.52. The number of carbonyl (C=O) groups excluding carboxylic acids is 4. The lowest BCUT2D eigenvalue weighted by molar-refractivity contribution is -0.133. The Morgan fingerprint density at radius 2 is 1.14 bits per heavy atom. The summed E-state index contributed by atoms with van der Waals surface area (Å²) in [4.78, 5) is 53.7. The number of rotatable bonds is 20. The average Bonchev–Trinajstić information content (AvgIpc) is 3.16. The summed E-state index contributed by atoms with van der Waals surface area (Å²) < 4.78 is 11.5. The molecule has 0 aliphatic carbocycles. The van der Waals surface area contributed by atoms with Crippen molar-refractivity contribution in [2.45, 2.75) is 103 Å². The molecule has 0 fully saturated rings. The van der Waals surface area contributed by atoms with E-state index in [4.69, 9.17) is 15.2 Å². The van der Waals surface area contributed by atoms with Crippen molar-refractivity contribution in [1.29, 1.82) is 0 Å². The normalized spacial score (nSPS) is 14.0. The van der Waals surface area contributed by atoms with E-state index in [1.54, 1.807) is 20.8 Å². The second-order valence-electron chi connectivity index (χ2n) is 15.9. The van der Waals surface area contributed by atoms with E-state index in [-0.39, 0.29) is 38.0 Å². The highest BCUT2D eigenvalue weighted by Crippen LogP contribution is 2.23. The molecule has 0 aliphatic heterocycles. The maximum Gasteiger partial charge on any atom is 0.407 e. The Kier molecular flexibility index (Phi) is 16.7. The number of aliphatic hydroxyl groups is 1. The molecule has 0 saturated carbocycles.